The van der Waals surface area contributed by atoms with Crippen LogP contribution in [-0.4, -0.2) is 30.8 Å². The Morgan fingerprint density at radius 2 is 0.846 bits per heavy atom. The largest absolute Gasteiger partial charge is 0.303 e. The van der Waals surface area contributed by atoms with Gasteiger partial charge in [0.15, 0.2) is 0 Å². The van der Waals surface area contributed by atoms with Gasteiger partial charge >= 0.3 is 0 Å². The minimum absolute atomic E-state index is 0.728. The number of aldehydes is 1. The molecule has 0 saturated heterocycles. The number of carbonyl (C=O) groups excluding carboxylic acids is 1. The van der Waals surface area contributed by atoms with Gasteiger partial charge in [-0.3, -0.25) is 0 Å². The van der Waals surface area contributed by atoms with Gasteiger partial charge in [0.25, 0.3) is 0 Å². The second-order valence-electron chi connectivity index (χ2n) is 8.10. The summed E-state index contributed by atoms with van der Waals surface area (Å²) in [6, 6.07) is 0. The van der Waals surface area contributed by atoms with E-state index in [0.717, 1.165) is 25.7 Å². The van der Waals surface area contributed by atoms with Crippen LogP contribution in [0.5, 0.6) is 0 Å². The number of hydrogen-bond acceptors (Lipinski definition) is 2. The van der Waals surface area contributed by atoms with Gasteiger partial charge in [0, 0.05) is 6.42 Å². The van der Waals surface area contributed by atoms with Crippen LogP contribution in [0.25, 0.3) is 0 Å². The molecule has 0 atom stereocenters. The normalized spacial score (nSPS) is 11.3. The lowest BCUT2D eigenvalue weighted by atomic mass is 10.1. The van der Waals surface area contributed by atoms with Crippen LogP contribution in [0.15, 0.2) is 0 Å². The highest BCUT2D eigenvalue weighted by atomic mass is 16.1. The van der Waals surface area contributed by atoms with Crippen LogP contribution in [0.2, 0.25) is 0 Å². The van der Waals surface area contributed by atoms with Crippen molar-refractivity contribution >= 4 is 6.29 Å². The third kappa shape index (κ3) is 19.9. The van der Waals surface area contributed by atoms with Crippen LogP contribution in [0.4, 0.5) is 0 Å². The maximum atomic E-state index is 10.6. The molecule has 0 N–H and O–H groups in total. The molecule has 0 aliphatic heterocycles. The highest BCUT2D eigenvalue weighted by molar-refractivity contribution is 5.48. The first-order chi connectivity index (χ1) is 12.8. The van der Waals surface area contributed by atoms with Crippen LogP contribution in [0, 0.1) is 0 Å². The van der Waals surface area contributed by atoms with Gasteiger partial charge < -0.3 is 9.69 Å². The minimum atomic E-state index is 0.728. The topological polar surface area (TPSA) is 20.3 Å². The van der Waals surface area contributed by atoms with Crippen molar-refractivity contribution in [2.75, 3.05) is 19.6 Å². The quantitative estimate of drug-likeness (QED) is 0.145. The Kier molecular flexibility index (Phi) is 22.3. The monoisotopic (exact) mass is 367 g/mol. The van der Waals surface area contributed by atoms with Crippen LogP contribution >= 0.6 is 0 Å². The van der Waals surface area contributed by atoms with Crippen molar-refractivity contribution in [3.8, 4) is 0 Å². The molecule has 0 radical (unpaired) electrons. The Morgan fingerprint density at radius 3 is 1.23 bits per heavy atom. The smallest absolute Gasteiger partial charge is 0.120 e. The number of hydrogen-bond donors (Lipinski definition) is 0. The lowest BCUT2D eigenvalue weighted by molar-refractivity contribution is -0.108. The Labute approximate surface area is 165 Å². The molecule has 0 aliphatic carbocycles. The van der Waals surface area contributed by atoms with Gasteiger partial charge in [0.05, 0.1) is 0 Å². The van der Waals surface area contributed by atoms with Crippen molar-refractivity contribution in [1.82, 2.24) is 4.90 Å². The Balaban J connectivity index is 3.65. The lowest BCUT2D eigenvalue weighted by Gasteiger charge is -2.22. The van der Waals surface area contributed by atoms with Crippen molar-refractivity contribution in [2.45, 2.75) is 129 Å². The standard InChI is InChI=1S/C24H49NO/c1-3-5-7-9-11-13-15-17-21-25(23-19-20-24-26)22-18-16-14-12-10-8-6-4-2/h24H,3-23H2,1-2H3. The molecular weight excluding hydrogens is 318 g/mol. The van der Waals surface area contributed by atoms with E-state index in [1.165, 1.54) is 116 Å². The fraction of sp³-hybridized carbons (Fsp3) is 0.958. The van der Waals surface area contributed by atoms with E-state index in [2.05, 4.69) is 18.7 Å². The van der Waals surface area contributed by atoms with E-state index in [4.69, 9.17) is 0 Å². The van der Waals surface area contributed by atoms with E-state index in [9.17, 15) is 4.79 Å². The maximum absolute atomic E-state index is 10.6. The van der Waals surface area contributed by atoms with Crippen molar-refractivity contribution in [3.63, 3.8) is 0 Å². The summed E-state index contributed by atoms with van der Waals surface area (Å²) in [5, 5.41) is 0. The number of carbonyl (C=O) groups is 1. The lowest BCUT2D eigenvalue weighted by Crippen LogP contribution is -2.27. The molecule has 0 heterocycles. The molecule has 2 heteroatoms. The third-order valence-corrected chi connectivity index (χ3v) is 5.45. The van der Waals surface area contributed by atoms with E-state index in [1.807, 2.05) is 0 Å². The summed E-state index contributed by atoms with van der Waals surface area (Å²) in [7, 11) is 0. The summed E-state index contributed by atoms with van der Waals surface area (Å²) in [4.78, 5) is 13.2. The van der Waals surface area contributed by atoms with Crippen LogP contribution in [0.3, 0.4) is 0 Å². The average molecular weight is 368 g/mol. The van der Waals surface area contributed by atoms with Gasteiger partial charge in [0.1, 0.15) is 6.29 Å². The predicted molar refractivity (Wildman–Crippen MR) is 117 cm³/mol. The average Bonchev–Trinajstić information content (AvgIpc) is 2.65. The highest BCUT2D eigenvalue weighted by Gasteiger charge is 2.04. The van der Waals surface area contributed by atoms with Gasteiger partial charge in [-0.2, -0.15) is 0 Å². The molecule has 0 amide bonds. The maximum Gasteiger partial charge on any atom is 0.120 e. The molecule has 0 aromatic carbocycles. The molecule has 0 rings (SSSR count). The number of unbranched alkanes of at least 4 members (excludes halogenated alkanes) is 15. The molecule has 2 nitrogen and oxygen atoms in total. The van der Waals surface area contributed by atoms with Gasteiger partial charge in [0.2, 0.25) is 0 Å². The molecule has 26 heavy (non-hydrogen) atoms. The SMILES string of the molecule is CCCCCCCCCCN(CCCC=O)CCCCCCCCCC. The third-order valence-electron chi connectivity index (χ3n) is 5.45. The van der Waals surface area contributed by atoms with E-state index in [-0.39, 0.29) is 0 Å². The summed E-state index contributed by atoms with van der Waals surface area (Å²) >= 11 is 0. The Hall–Kier alpha value is -0.370. The molecular formula is C24H49NO. The van der Waals surface area contributed by atoms with Crippen LogP contribution in [0.1, 0.15) is 129 Å². The first-order valence-electron chi connectivity index (χ1n) is 12.0. The van der Waals surface area contributed by atoms with Crippen molar-refractivity contribution in [1.29, 1.82) is 0 Å². The zero-order chi connectivity index (χ0) is 19.1. The fourth-order valence-electron chi connectivity index (χ4n) is 3.67. The second-order valence-corrected chi connectivity index (χ2v) is 8.10. The highest BCUT2D eigenvalue weighted by Crippen LogP contribution is 2.11. The molecule has 156 valence electrons. The minimum Gasteiger partial charge on any atom is -0.303 e. The number of rotatable bonds is 22. The van der Waals surface area contributed by atoms with E-state index >= 15 is 0 Å². The Morgan fingerprint density at radius 1 is 0.500 bits per heavy atom. The van der Waals surface area contributed by atoms with E-state index in [1.54, 1.807) is 0 Å². The summed E-state index contributed by atoms with van der Waals surface area (Å²) in [5.41, 5.74) is 0. The number of nitrogens with zero attached hydrogens (tertiary/aromatic N) is 1. The van der Waals surface area contributed by atoms with Crippen molar-refractivity contribution in [2.24, 2.45) is 0 Å². The molecule has 0 aromatic heterocycles. The summed E-state index contributed by atoms with van der Waals surface area (Å²) < 4.78 is 0. The Bertz CT molecular complexity index is 247. The molecule has 0 bridgehead atoms. The predicted octanol–water partition coefficient (Wildman–Crippen LogP) is 7.55. The molecule has 0 saturated carbocycles. The zero-order valence-corrected chi connectivity index (χ0v) is 18.3. The molecule has 0 aliphatic rings. The first kappa shape index (κ1) is 25.6. The molecule has 0 aromatic rings. The van der Waals surface area contributed by atoms with E-state index < -0.39 is 0 Å². The van der Waals surface area contributed by atoms with Crippen molar-refractivity contribution in [3.05, 3.63) is 0 Å². The van der Waals surface area contributed by atoms with Gasteiger partial charge in [-0.25, -0.2) is 0 Å². The molecule has 0 unspecified atom stereocenters. The zero-order valence-electron chi connectivity index (χ0n) is 18.3. The van der Waals surface area contributed by atoms with Gasteiger partial charge in [-0.15, -0.1) is 0 Å². The summed E-state index contributed by atoms with van der Waals surface area (Å²) in [5.74, 6) is 0. The summed E-state index contributed by atoms with van der Waals surface area (Å²) in [6.45, 7) is 8.16. The van der Waals surface area contributed by atoms with Crippen LogP contribution in [-0.2, 0) is 4.79 Å². The molecule has 0 fully saturated rings. The summed E-state index contributed by atoms with van der Waals surface area (Å²) in [6.07, 6.45) is 25.1. The molecule has 0 spiro atoms. The van der Waals surface area contributed by atoms with Gasteiger partial charge in [-0.05, 0) is 38.9 Å². The van der Waals surface area contributed by atoms with E-state index in [0.29, 0.717) is 0 Å². The van der Waals surface area contributed by atoms with Crippen molar-refractivity contribution < 1.29 is 4.79 Å². The fourth-order valence-corrected chi connectivity index (χ4v) is 3.67. The van der Waals surface area contributed by atoms with Gasteiger partial charge in [-0.1, -0.05) is 104 Å². The first-order valence-corrected chi connectivity index (χ1v) is 12.0. The van der Waals surface area contributed by atoms with Crippen LogP contribution < -0.4 is 0 Å². The second kappa shape index (κ2) is 22.7.